The van der Waals surface area contributed by atoms with E-state index >= 15 is 0 Å². The number of hydrogen-bond acceptors (Lipinski definition) is 2. The van der Waals surface area contributed by atoms with Crippen molar-refractivity contribution >= 4 is 0 Å². The summed E-state index contributed by atoms with van der Waals surface area (Å²) in [5.74, 6) is -0.132. The number of benzene rings is 1. The summed E-state index contributed by atoms with van der Waals surface area (Å²) < 4.78 is 20.4. The normalized spacial score (nSPS) is 25.3. The fourth-order valence-electron chi connectivity index (χ4n) is 3.23. The van der Waals surface area contributed by atoms with Gasteiger partial charge in [0.25, 0.3) is 0 Å². The molecule has 1 saturated heterocycles. The van der Waals surface area contributed by atoms with Crippen LogP contribution < -0.4 is 5.32 Å². The Hall–Kier alpha value is -0.930. The predicted molar refractivity (Wildman–Crippen MR) is 75.9 cm³/mol. The maximum atomic E-state index is 14.4. The van der Waals surface area contributed by atoms with Crippen LogP contribution in [0.1, 0.15) is 48.9 Å². The van der Waals surface area contributed by atoms with Gasteiger partial charge in [0.1, 0.15) is 5.82 Å². The van der Waals surface area contributed by atoms with Gasteiger partial charge in [0.15, 0.2) is 0 Å². The second-order valence-corrected chi connectivity index (χ2v) is 5.82. The number of halogens is 1. The largest absolute Gasteiger partial charge is 0.373 e. The molecule has 1 aromatic carbocycles. The quantitative estimate of drug-likeness (QED) is 0.900. The van der Waals surface area contributed by atoms with Crippen molar-refractivity contribution in [3.63, 3.8) is 0 Å². The molecule has 2 unspecified atom stereocenters. The zero-order valence-electron chi connectivity index (χ0n) is 12.3. The summed E-state index contributed by atoms with van der Waals surface area (Å²) >= 11 is 0. The lowest BCUT2D eigenvalue weighted by Gasteiger charge is -2.41. The molecule has 2 atom stereocenters. The molecular formula is C16H24FNO. The second kappa shape index (κ2) is 5.59. The van der Waals surface area contributed by atoms with Gasteiger partial charge in [-0.05, 0) is 64.3 Å². The van der Waals surface area contributed by atoms with E-state index in [4.69, 9.17) is 4.74 Å². The molecule has 1 aliphatic heterocycles. The summed E-state index contributed by atoms with van der Waals surface area (Å²) in [6.45, 7) is 6.75. The summed E-state index contributed by atoms with van der Waals surface area (Å²) in [7, 11) is 1.88. The average molecular weight is 265 g/mol. The smallest absolute Gasteiger partial charge is 0.128 e. The van der Waals surface area contributed by atoms with Crippen molar-refractivity contribution in [2.75, 3.05) is 13.7 Å². The van der Waals surface area contributed by atoms with Gasteiger partial charge in [0.05, 0.1) is 11.6 Å². The fraction of sp³-hybridized carbons (Fsp3) is 0.625. The Balaban J connectivity index is 2.42. The van der Waals surface area contributed by atoms with E-state index in [0.717, 1.165) is 42.6 Å². The van der Waals surface area contributed by atoms with Crippen molar-refractivity contribution in [2.24, 2.45) is 0 Å². The van der Waals surface area contributed by atoms with Crippen LogP contribution in [0.3, 0.4) is 0 Å². The molecule has 2 rings (SSSR count). The summed E-state index contributed by atoms with van der Waals surface area (Å²) in [5.41, 5.74) is 2.38. The van der Waals surface area contributed by atoms with Gasteiger partial charge in [-0.15, -0.1) is 0 Å². The van der Waals surface area contributed by atoms with Crippen molar-refractivity contribution in [1.82, 2.24) is 5.32 Å². The van der Waals surface area contributed by atoms with Crippen LogP contribution in [0.25, 0.3) is 0 Å². The number of likely N-dealkylation sites (N-methyl/N-ethyl adjacent to an activating group) is 1. The zero-order chi connectivity index (χ0) is 14.0. The second-order valence-electron chi connectivity index (χ2n) is 5.82. The van der Waals surface area contributed by atoms with E-state index in [2.05, 4.69) is 12.2 Å². The highest BCUT2D eigenvalue weighted by atomic mass is 19.1. The first-order valence-corrected chi connectivity index (χ1v) is 7.06. The topological polar surface area (TPSA) is 21.3 Å². The van der Waals surface area contributed by atoms with Crippen LogP contribution in [0.2, 0.25) is 0 Å². The van der Waals surface area contributed by atoms with E-state index < -0.39 is 0 Å². The van der Waals surface area contributed by atoms with Crippen LogP contribution >= 0.6 is 0 Å². The van der Waals surface area contributed by atoms with Crippen LogP contribution in [0.15, 0.2) is 12.1 Å². The monoisotopic (exact) mass is 265 g/mol. The first-order valence-electron chi connectivity index (χ1n) is 7.06. The molecule has 1 aromatic rings. The van der Waals surface area contributed by atoms with E-state index in [1.54, 1.807) is 6.07 Å². The molecule has 1 fully saturated rings. The van der Waals surface area contributed by atoms with Gasteiger partial charge >= 0.3 is 0 Å². The van der Waals surface area contributed by atoms with Gasteiger partial charge in [0, 0.05) is 12.2 Å². The van der Waals surface area contributed by atoms with Crippen molar-refractivity contribution in [2.45, 2.75) is 51.7 Å². The Morgan fingerprint density at radius 2 is 2.05 bits per heavy atom. The van der Waals surface area contributed by atoms with Crippen molar-refractivity contribution < 1.29 is 9.13 Å². The number of hydrogen-bond donors (Lipinski definition) is 1. The lowest BCUT2D eigenvalue weighted by atomic mass is 9.82. The lowest BCUT2D eigenvalue weighted by molar-refractivity contribution is -0.0891. The van der Waals surface area contributed by atoms with Gasteiger partial charge in [-0.1, -0.05) is 6.07 Å². The van der Waals surface area contributed by atoms with Crippen molar-refractivity contribution in [1.29, 1.82) is 0 Å². The highest BCUT2D eigenvalue weighted by molar-refractivity contribution is 5.36. The van der Waals surface area contributed by atoms with E-state index in [1.807, 2.05) is 27.0 Å². The third kappa shape index (κ3) is 2.82. The van der Waals surface area contributed by atoms with E-state index in [0.29, 0.717) is 0 Å². The first kappa shape index (κ1) is 14.5. The first-order chi connectivity index (χ1) is 8.98. The van der Waals surface area contributed by atoms with Crippen molar-refractivity contribution in [3.05, 3.63) is 34.6 Å². The highest BCUT2D eigenvalue weighted by Gasteiger charge is 2.38. The van der Waals surface area contributed by atoms with Gasteiger partial charge in [-0.25, -0.2) is 4.39 Å². The van der Waals surface area contributed by atoms with Crippen LogP contribution in [-0.4, -0.2) is 19.3 Å². The number of aryl methyl sites for hydroxylation is 2. The lowest BCUT2D eigenvalue weighted by Crippen LogP contribution is -2.45. The predicted octanol–water partition coefficient (Wildman–Crippen LogP) is 3.66. The molecule has 0 spiro atoms. The maximum Gasteiger partial charge on any atom is 0.128 e. The molecule has 0 aliphatic carbocycles. The van der Waals surface area contributed by atoms with Crippen LogP contribution in [0.4, 0.5) is 4.39 Å². The van der Waals surface area contributed by atoms with Gasteiger partial charge in [-0.3, -0.25) is 0 Å². The SMILES string of the molecule is CNC(c1c(C)cc(C)cc1F)C1(C)CCCCO1. The van der Waals surface area contributed by atoms with Gasteiger partial charge in [-0.2, -0.15) is 0 Å². The summed E-state index contributed by atoms with van der Waals surface area (Å²) in [6.07, 6.45) is 3.20. The summed E-state index contributed by atoms with van der Waals surface area (Å²) in [4.78, 5) is 0. The van der Waals surface area contributed by atoms with E-state index in [9.17, 15) is 4.39 Å². The maximum absolute atomic E-state index is 14.4. The van der Waals surface area contributed by atoms with Crippen LogP contribution in [0.5, 0.6) is 0 Å². The average Bonchev–Trinajstić information content (AvgIpc) is 2.34. The highest BCUT2D eigenvalue weighted by Crippen LogP contribution is 2.38. The summed E-state index contributed by atoms with van der Waals surface area (Å²) in [6, 6.07) is 3.54. The molecule has 106 valence electrons. The zero-order valence-corrected chi connectivity index (χ0v) is 12.3. The molecule has 3 heteroatoms. The van der Waals surface area contributed by atoms with Crippen LogP contribution in [-0.2, 0) is 4.74 Å². The Bertz CT molecular complexity index is 429. The molecule has 1 N–H and O–H groups in total. The van der Waals surface area contributed by atoms with Crippen LogP contribution in [0, 0.1) is 19.7 Å². The minimum Gasteiger partial charge on any atom is -0.373 e. The minimum atomic E-state index is -0.326. The molecule has 1 aliphatic rings. The van der Waals surface area contributed by atoms with Crippen molar-refractivity contribution in [3.8, 4) is 0 Å². The molecule has 1 heterocycles. The standard InChI is InChI=1S/C16H24FNO/c1-11-9-12(2)14(13(17)10-11)15(18-4)16(3)7-5-6-8-19-16/h9-10,15,18H,5-8H2,1-4H3. The molecule has 2 nitrogen and oxygen atoms in total. The Morgan fingerprint density at radius 1 is 1.32 bits per heavy atom. The molecule has 0 aromatic heterocycles. The van der Waals surface area contributed by atoms with Gasteiger partial charge in [0.2, 0.25) is 0 Å². The number of nitrogens with one attached hydrogen (secondary N) is 1. The molecule has 19 heavy (non-hydrogen) atoms. The van der Waals surface area contributed by atoms with E-state index in [-0.39, 0.29) is 17.5 Å². The molecular weight excluding hydrogens is 241 g/mol. The Morgan fingerprint density at radius 3 is 2.58 bits per heavy atom. The number of rotatable bonds is 3. The third-order valence-corrected chi connectivity index (χ3v) is 4.17. The van der Waals surface area contributed by atoms with E-state index in [1.165, 1.54) is 0 Å². The molecule has 0 radical (unpaired) electrons. The molecule has 0 amide bonds. The molecule has 0 saturated carbocycles. The minimum absolute atomic E-state index is 0.103. The van der Waals surface area contributed by atoms with Gasteiger partial charge < -0.3 is 10.1 Å². The summed E-state index contributed by atoms with van der Waals surface area (Å²) in [5, 5.41) is 3.26. The third-order valence-electron chi connectivity index (χ3n) is 4.17. The molecule has 0 bridgehead atoms. The Labute approximate surface area is 115 Å². The number of ether oxygens (including phenoxy) is 1. The fourth-order valence-corrected chi connectivity index (χ4v) is 3.23. The Kier molecular flexibility index (Phi) is 4.26.